The summed E-state index contributed by atoms with van der Waals surface area (Å²) in [7, 11) is -9.96. The van der Waals surface area contributed by atoms with Crippen molar-refractivity contribution >= 4 is 39.5 Å². The molecule has 3 N–H and O–H groups in total. The second-order valence-corrected chi connectivity index (χ2v) is 30.6. The molecule has 2 unspecified atom stereocenters. The molecule has 0 bridgehead atoms. The third-order valence-corrected chi connectivity index (χ3v) is 19.6. The van der Waals surface area contributed by atoms with E-state index >= 15 is 0 Å². The smallest absolute Gasteiger partial charge is 0.462 e. The Bertz CT molecular complexity index is 2210. The lowest BCUT2D eigenvalue weighted by Crippen LogP contribution is -2.30. The maximum absolute atomic E-state index is 13.1. The van der Waals surface area contributed by atoms with E-state index < -0.39 is 97.5 Å². The van der Waals surface area contributed by atoms with Crippen LogP contribution in [0.5, 0.6) is 0 Å². The molecule has 0 fully saturated rings. The fraction of sp³-hybridized carbons (Fsp3) is 0.807. The van der Waals surface area contributed by atoms with Gasteiger partial charge < -0.3 is 33.8 Å². The predicted molar refractivity (Wildman–Crippen MR) is 418 cm³/mol. The topological polar surface area (TPSA) is 237 Å². The lowest BCUT2D eigenvalue weighted by atomic mass is 10.0. The number of phosphoric ester groups is 2. The van der Waals surface area contributed by atoms with E-state index in [2.05, 4.69) is 88.5 Å². The van der Waals surface area contributed by atoms with Gasteiger partial charge in [0.1, 0.15) is 19.3 Å². The number of unbranched alkanes of at least 4 members (excludes halogenated alkanes) is 40. The number of hydrogen-bond acceptors (Lipinski definition) is 15. The van der Waals surface area contributed by atoms with E-state index in [0.717, 1.165) is 116 Å². The normalized spacial score (nSPS) is 14.2. The molecular weight excluding hydrogens is 1330 g/mol. The molecule has 0 amide bonds. The minimum atomic E-state index is -4.98. The van der Waals surface area contributed by atoms with Crippen molar-refractivity contribution in [1.82, 2.24) is 0 Å². The van der Waals surface area contributed by atoms with Crippen LogP contribution in [0.15, 0.2) is 72.9 Å². The van der Waals surface area contributed by atoms with Gasteiger partial charge in [-0.3, -0.25) is 37.3 Å². The van der Waals surface area contributed by atoms with Crippen molar-refractivity contribution in [2.24, 2.45) is 0 Å². The average Bonchev–Trinajstić information content (AvgIpc) is 0.943. The van der Waals surface area contributed by atoms with Gasteiger partial charge >= 0.3 is 39.5 Å². The second kappa shape index (κ2) is 75.7. The molecule has 5 atom stereocenters. The van der Waals surface area contributed by atoms with Gasteiger partial charge in [-0.15, -0.1) is 0 Å². The summed E-state index contributed by atoms with van der Waals surface area (Å²) in [5.41, 5.74) is 0. The number of carbonyl (C=O) groups excluding carboxylic acids is 4. The van der Waals surface area contributed by atoms with Crippen molar-refractivity contribution in [1.29, 1.82) is 0 Å². The zero-order valence-corrected chi connectivity index (χ0v) is 66.8. The van der Waals surface area contributed by atoms with Crippen molar-refractivity contribution in [2.75, 3.05) is 39.6 Å². The molecular formula is C83H150O17P2. The highest BCUT2D eigenvalue weighted by molar-refractivity contribution is 7.47. The SMILES string of the molecule is CCCCC/C=C\C/C=C\C/C=C\C/C=C\CCCC(=O)OC[C@H](COP(=O)(O)OC[C@H](O)COP(=O)(O)OC[C@@H](COC(=O)CCCCCCCCCCCCCCC)OC(=O)CCCCCCC/C=C\C/C=C\CCCCC)OC(=O)CCCCCCCCCCCCCCCCCCC. The lowest BCUT2D eigenvalue weighted by molar-refractivity contribution is -0.161. The lowest BCUT2D eigenvalue weighted by Gasteiger charge is -2.21. The van der Waals surface area contributed by atoms with Crippen molar-refractivity contribution < 1.29 is 80.2 Å². The van der Waals surface area contributed by atoms with Gasteiger partial charge in [0.15, 0.2) is 12.2 Å². The molecule has 0 radical (unpaired) electrons. The van der Waals surface area contributed by atoms with Crippen LogP contribution in [0, 0.1) is 0 Å². The van der Waals surface area contributed by atoms with Crippen LogP contribution in [0.25, 0.3) is 0 Å². The van der Waals surface area contributed by atoms with Gasteiger partial charge in [0, 0.05) is 25.7 Å². The van der Waals surface area contributed by atoms with Gasteiger partial charge in [-0.05, 0) is 96.3 Å². The standard InChI is InChI=1S/C83H150O17P2/c1-5-9-13-17-21-25-29-33-36-38-41-44-48-52-56-60-64-68-81(86)94-74-79(100-83(88)70-66-62-58-54-50-46-42-39-37-34-30-26-22-18-14-10-6-2)76-98-102(91,92)96-72-77(84)71-95-101(89,90)97-75-78(73-93-80(85)67-63-59-55-51-47-43-32-28-24-20-16-12-8-4)99-82(87)69-65-61-57-53-49-45-40-35-31-27-23-19-15-11-7-3/h21,23,25,27,33,35-36,40-41,44,52,56,77-79,84H,5-20,22,24,26,28-32,34,37-39,42-43,45-51,53-55,57-76H2,1-4H3,(H,89,90)(H,91,92)/b25-21-,27-23-,36-33-,40-35-,44-41-,56-52-/t77-,78-,79-/m1/s1. The molecule has 0 spiro atoms. The van der Waals surface area contributed by atoms with Gasteiger partial charge in [-0.25, -0.2) is 9.13 Å². The number of phosphoric acid groups is 2. The maximum atomic E-state index is 13.1. The highest BCUT2D eigenvalue weighted by Crippen LogP contribution is 2.45. The van der Waals surface area contributed by atoms with E-state index in [0.29, 0.717) is 32.1 Å². The summed E-state index contributed by atoms with van der Waals surface area (Å²) < 4.78 is 68.6. The van der Waals surface area contributed by atoms with Gasteiger partial charge in [0.2, 0.25) is 0 Å². The third kappa shape index (κ3) is 74.8. The number of esters is 4. The van der Waals surface area contributed by atoms with E-state index in [4.69, 9.17) is 37.0 Å². The Labute approximate surface area is 622 Å². The van der Waals surface area contributed by atoms with E-state index in [9.17, 15) is 43.2 Å². The van der Waals surface area contributed by atoms with E-state index in [1.54, 1.807) is 0 Å². The molecule has 0 rings (SSSR count). The number of ether oxygens (including phenoxy) is 4. The highest BCUT2D eigenvalue weighted by Gasteiger charge is 2.30. The fourth-order valence-corrected chi connectivity index (χ4v) is 12.9. The summed E-state index contributed by atoms with van der Waals surface area (Å²) in [5, 5.41) is 10.6. The van der Waals surface area contributed by atoms with Crippen LogP contribution in [0.3, 0.4) is 0 Å². The molecule has 0 aliphatic heterocycles. The molecule has 0 aliphatic rings. The summed E-state index contributed by atoms with van der Waals surface area (Å²) in [6.07, 6.45) is 77.3. The number of aliphatic hydroxyl groups is 1. The molecule has 0 saturated carbocycles. The van der Waals surface area contributed by atoms with Crippen LogP contribution in [0.4, 0.5) is 0 Å². The van der Waals surface area contributed by atoms with E-state index in [1.807, 2.05) is 12.2 Å². The fourth-order valence-electron chi connectivity index (χ4n) is 11.4. The molecule has 594 valence electrons. The van der Waals surface area contributed by atoms with Crippen LogP contribution in [-0.2, 0) is 65.4 Å². The van der Waals surface area contributed by atoms with Crippen molar-refractivity contribution in [3.8, 4) is 0 Å². The number of carbonyl (C=O) groups is 4. The Morgan fingerprint density at radius 1 is 0.275 bits per heavy atom. The Hall–Kier alpha value is -3.50. The summed E-state index contributed by atoms with van der Waals surface area (Å²) in [5.74, 6) is -2.22. The van der Waals surface area contributed by atoms with E-state index in [-0.39, 0.29) is 25.7 Å². The second-order valence-electron chi connectivity index (χ2n) is 27.7. The zero-order valence-electron chi connectivity index (χ0n) is 65.0. The molecule has 102 heavy (non-hydrogen) atoms. The summed E-state index contributed by atoms with van der Waals surface area (Å²) in [6.45, 7) is 4.82. The Morgan fingerprint density at radius 2 is 0.490 bits per heavy atom. The molecule has 0 aromatic carbocycles. The molecule has 19 heteroatoms. The molecule has 0 aromatic rings. The van der Waals surface area contributed by atoms with Crippen molar-refractivity contribution in [2.45, 2.75) is 393 Å². The zero-order chi connectivity index (χ0) is 74.6. The minimum Gasteiger partial charge on any atom is -0.462 e. The monoisotopic (exact) mass is 1480 g/mol. The molecule has 0 heterocycles. The number of aliphatic hydroxyl groups excluding tert-OH is 1. The summed E-state index contributed by atoms with van der Waals surface area (Å²) in [4.78, 5) is 73.0. The number of allylic oxidation sites excluding steroid dienone is 12. The first-order valence-corrected chi connectivity index (χ1v) is 44.2. The Balaban J connectivity index is 5.38. The quantitative estimate of drug-likeness (QED) is 0.0169. The third-order valence-electron chi connectivity index (χ3n) is 17.7. The van der Waals surface area contributed by atoms with Gasteiger partial charge in [0.25, 0.3) is 0 Å². The highest BCUT2D eigenvalue weighted by atomic mass is 31.2. The Morgan fingerprint density at radius 3 is 0.794 bits per heavy atom. The number of hydrogen-bond donors (Lipinski definition) is 3. The largest absolute Gasteiger partial charge is 0.472 e. The average molecular weight is 1480 g/mol. The molecule has 0 aromatic heterocycles. The van der Waals surface area contributed by atoms with Gasteiger partial charge in [-0.1, -0.05) is 325 Å². The van der Waals surface area contributed by atoms with Crippen LogP contribution in [0.1, 0.15) is 374 Å². The van der Waals surface area contributed by atoms with Crippen LogP contribution in [-0.4, -0.2) is 96.7 Å². The van der Waals surface area contributed by atoms with E-state index in [1.165, 1.54) is 173 Å². The van der Waals surface area contributed by atoms with Crippen LogP contribution >= 0.6 is 15.6 Å². The molecule has 17 nitrogen and oxygen atoms in total. The Kier molecular flexibility index (Phi) is 73.1. The first-order valence-electron chi connectivity index (χ1n) is 41.2. The van der Waals surface area contributed by atoms with Gasteiger partial charge in [0.05, 0.1) is 26.4 Å². The summed E-state index contributed by atoms with van der Waals surface area (Å²) >= 11 is 0. The first kappa shape index (κ1) is 98.5. The summed E-state index contributed by atoms with van der Waals surface area (Å²) in [6, 6.07) is 0. The van der Waals surface area contributed by atoms with Crippen molar-refractivity contribution in [3.63, 3.8) is 0 Å². The van der Waals surface area contributed by atoms with Crippen molar-refractivity contribution in [3.05, 3.63) is 72.9 Å². The first-order chi connectivity index (χ1) is 49.7. The van der Waals surface area contributed by atoms with Crippen LogP contribution < -0.4 is 0 Å². The predicted octanol–water partition coefficient (Wildman–Crippen LogP) is 24.0. The molecule has 0 aliphatic carbocycles. The van der Waals surface area contributed by atoms with Gasteiger partial charge in [-0.2, -0.15) is 0 Å². The molecule has 0 saturated heterocycles. The maximum Gasteiger partial charge on any atom is 0.472 e. The van der Waals surface area contributed by atoms with Crippen LogP contribution in [0.2, 0.25) is 0 Å². The minimum absolute atomic E-state index is 0.0823. The number of rotatable bonds is 78.